The average Bonchev–Trinajstić information content (AvgIpc) is 2.47. The maximum absolute atomic E-state index is 13.2. The molecule has 1 amide bonds. The summed E-state index contributed by atoms with van der Waals surface area (Å²) in [5.41, 5.74) is 6.46. The van der Waals surface area contributed by atoms with Crippen molar-refractivity contribution < 1.29 is 13.9 Å². The summed E-state index contributed by atoms with van der Waals surface area (Å²) in [6.07, 6.45) is 0.841. The molecule has 6 heteroatoms. The number of amides is 1. The molecular weight excluding hydrogens is 295 g/mol. The Kier molecular flexibility index (Phi) is 5.56. The number of hydrogen-bond acceptors (Lipinski definition) is 3. The summed E-state index contributed by atoms with van der Waals surface area (Å²) in [6, 6.07) is 4.53. The van der Waals surface area contributed by atoms with Crippen molar-refractivity contribution in [1.29, 1.82) is 0 Å². The van der Waals surface area contributed by atoms with Gasteiger partial charge in [0.2, 0.25) is 5.91 Å². The van der Waals surface area contributed by atoms with Crippen LogP contribution in [0.3, 0.4) is 0 Å². The first kappa shape index (κ1) is 16.2. The lowest BCUT2D eigenvalue weighted by Gasteiger charge is -2.33. The van der Waals surface area contributed by atoms with Gasteiger partial charge in [-0.3, -0.25) is 4.79 Å². The molecule has 0 saturated carbocycles. The molecule has 0 aliphatic carbocycles. The fraction of sp³-hybridized carbons (Fsp3) is 0.533. The fourth-order valence-electron chi connectivity index (χ4n) is 2.30. The highest BCUT2D eigenvalue weighted by Gasteiger charge is 2.25. The van der Waals surface area contributed by atoms with Crippen LogP contribution in [0.2, 0.25) is 5.02 Å². The van der Waals surface area contributed by atoms with Gasteiger partial charge in [-0.2, -0.15) is 0 Å². The monoisotopic (exact) mass is 314 g/mol. The summed E-state index contributed by atoms with van der Waals surface area (Å²) in [4.78, 5) is 13.9. The third kappa shape index (κ3) is 4.40. The zero-order chi connectivity index (χ0) is 15.4. The molecule has 1 aliphatic heterocycles. The van der Waals surface area contributed by atoms with E-state index in [1.54, 1.807) is 17.0 Å². The van der Waals surface area contributed by atoms with Crippen LogP contribution in [0, 0.1) is 5.82 Å². The molecule has 1 saturated heterocycles. The van der Waals surface area contributed by atoms with Crippen molar-refractivity contribution in [2.45, 2.75) is 31.9 Å². The number of nitrogens with zero attached hydrogens (tertiary/aromatic N) is 1. The zero-order valence-electron chi connectivity index (χ0n) is 12.0. The molecule has 2 rings (SSSR count). The van der Waals surface area contributed by atoms with E-state index in [0.29, 0.717) is 32.5 Å². The fourth-order valence-corrected chi connectivity index (χ4v) is 2.49. The average molecular weight is 315 g/mol. The van der Waals surface area contributed by atoms with Gasteiger partial charge >= 0.3 is 0 Å². The number of ether oxygens (including phenoxy) is 1. The lowest BCUT2D eigenvalue weighted by molar-refractivity contribution is -0.139. The van der Waals surface area contributed by atoms with Crippen molar-refractivity contribution in [2.24, 2.45) is 5.73 Å². The maximum Gasteiger partial charge on any atom is 0.222 e. The smallest absolute Gasteiger partial charge is 0.222 e. The number of halogens is 2. The van der Waals surface area contributed by atoms with Gasteiger partial charge in [-0.15, -0.1) is 0 Å². The van der Waals surface area contributed by atoms with Gasteiger partial charge in [0.1, 0.15) is 11.9 Å². The van der Waals surface area contributed by atoms with Gasteiger partial charge in [-0.1, -0.05) is 17.7 Å². The summed E-state index contributed by atoms with van der Waals surface area (Å²) in [5, 5.41) is 0.0662. The number of rotatable bonds is 4. The van der Waals surface area contributed by atoms with Crippen molar-refractivity contribution in [3.8, 4) is 0 Å². The molecule has 1 heterocycles. The van der Waals surface area contributed by atoms with Crippen molar-refractivity contribution in [2.75, 3.05) is 19.7 Å². The van der Waals surface area contributed by atoms with Crippen LogP contribution >= 0.6 is 11.6 Å². The van der Waals surface area contributed by atoms with E-state index in [0.717, 1.165) is 5.56 Å². The highest BCUT2D eigenvalue weighted by Crippen LogP contribution is 2.26. The quantitative estimate of drug-likeness (QED) is 0.929. The van der Waals surface area contributed by atoms with Crippen LogP contribution in [0.4, 0.5) is 4.39 Å². The zero-order valence-corrected chi connectivity index (χ0v) is 12.8. The molecule has 0 radical (unpaired) electrons. The molecule has 21 heavy (non-hydrogen) atoms. The Morgan fingerprint density at radius 1 is 1.62 bits per heavy atom. The lowest BCUT2D eigenvalue weighted by Crippen LogP contribution is -2.42. The Morgan fingerprint density at radius 2 is 2.38 bits per heavy atom. The number of hydrogen-bond donors (Lipinski definition) is 1. The molecule has 1 aliphatic rings. The second kappa shape index (κ2) is 7.20. The summed E-state index contributed by atoms with van der Waals surface area (Å²) in [5.74, 6) is -0.380. The Hall–Kier alpha value is -1.17. The molecule has 0 spiro atoms. The number of benzene rings is 1. The third-order valence-corrected chi connectivity index (χ3v) is 3.84. The molecule has 1 aromatic carbocycles. The van der Waals surface area contributed by atoms with E-state index in [9.17, 15) is 9.18 Å². The van der Waals surface area contributed by atoms with Crippen LogP contribution in [0.15, 0.2) is 18.2 Å². The first-order valence-corrected chi connectivity index (χ1v) is 7.45. The summed E-state index contributed by atoms with van der Waals surface area (Å²) < 4.78 is 18.9. The van der Waals surface area contributed by atoms with Gasteiger partial charge in [0.25, 0.3) is 0 Å². The minimum absolute atomic E-state index is 0.0155. The van der Waals surface area contributed by atoms with E-state index in [-0.39, 0.29) is 23.1 Å². The number of carbonyl (C=O) groups is 1. The topological polar surface area (TPSA) is 55.6 Å². The number of nitrogens with two attached hydrogens (primary N) is 1. The molecule has 1 aromatic rings. The summed E-state index contributed by atoms with van der Waals surface area (Å²) >= 11 is 5.79. The second-order valence-electron chi connectivity index (χ2n) is 5.39. The van der Waals surface area contributed by atoms with E-state index in [1.807, 2.05) is 6.92 Å². The van der Waals surface area contributed by atoms with E-state index < -0.39 is 5.82 Å². The number of morpholine rings is 1. The molecule has 1 fully saturated rings. The van der Waals surface area contributed by atoms with Crippen molar-refractivity contribution in [3.63, 3.8) is 0 Å². The lowest BCUT2D eigenvalue weighted by atomic mass is 10.1. The van der Waals surface area contributed by atoms with E-state index in [4.69, 9.17) is 22.1 Å². The van der Waals surface area contributed by atoms with Gasteiger partial charge in [-0.25, -0.2) is 4.39 Å². The molecule has 0 aromatic heterocycles. The van der Waals surface area contributed by atoms with E-state index in [1.165, 1.54) is 6.07 Å². The van der Waals surface area contributed by atoms with Gasteiger partial charge in [0.05, 0.1) is 18.2 Å². The van der Waals surface area contributed by atoms with Crippen molar-refractivity contribution in [3.05, 3.63) is 34.6 Å². The minimum Gasteiger partial charge on any atom is -0.370 e. The van der Waals surface area contributed by atoms with Crippen LogP contribution in [-0.2, 0) is 9.53 Å². The summed E-state index contributed by atoms with van der Waals surface area (Å²) in [6.45, 7) is 3.38. The Bertz CT molecular complexity index is 510. The first-order valence-electron chi connectivity index (χ1n) is 7.07. The molecule has 4 nitrogen and oxygen atoms in total. The molecule has 2 atom stereocenters. The Balaban J connectivity index is 1.99. The van der Waals surface area contributed by atoms with Crippen molar-refractivity contribution >= 4 is 17.5 Å². The Morgan fingerprint density at radius 3 is 3.05 bits per heavy atom. The predicted molar refractivity (Wildman–Crippen MR) is 79.6 cm³/mol. The molecule has 2 unspecified atom stereocenters. The number of carbonyl (C=O) groups excluding carboxylic acids is 1. The maximum atomic E-state index is 13.2. The van der Waals surface area contributed by atoms with Crippen LogP contribution < -0.4 is 5.73 Å². The second-order valence-corrected chi connectivity index (χ2v) is 5.80. The van der Waals surface area contributed by atoms with E-state index in [2.05, 4.69) is 0 Å². The van der Waals surface area contributed by atoms with Crippen LogP contribution in [0.1, 0.15) is 31.4 Å². The standard InChI is InChI=1S/C15H20ClFN2O2/c1-10(18)2-5-15(20)19-6-7-21-14(9-19)11-3-4-13(17)12(16)8-11/h3-4,8,10,14H,2,5-7,9,18H2,1H3. The van der Waals surface area contributed by atoms with Crippen LogP contribution in [-0.4, -0.2) is 36.5 Å². The Labute approximate surface area is 129 Å². The SMILES string of the molecule is CC(N)CCC(=O)N1CCOC(c2ccc(F)c(Cl)c2)C1. The molecular formula is C15H20ClFN2O2. The highest BCUT2D eigenvalue weighted by atomic mass is 35.5. The normalized spacial score (nSPS) is 20.4. The predicted octanol–water partition coefficient (Wildman–Crippen LogP) is 2.51. The van der Waals surface area contributed by atoms with Gasteiger partial charge in [0.15, 0.2) is 0 Å². The van der Waals surface area contributed by atoms with Gasteiger partial charge in [-0.05, 0) is 31.0 Å². The molecule has 116 valence electrons. The van der Waals surface area contributed by atoms with Gasteiger partial charge in [0, 0.05) is 19.0 Å². The van der Waals surface area contributed by atoms with Crippen LogP contribution in [0.5, 0.6) is 0 Å². The first-order chi connectivity index (χ1) is 9.97. The molecule has 0 bridgehead atoms. The molecule has 2 N–H and O–H groups in total. The van der Waals surface area contributed by atoms with Crippen molar-refractivity contribution in [1.82, 2.24) is 4.90 Å². The largest absolute Gasteiger partial charge is 0.370 e. The summed E-state index contributed by atoms with van der Waals surface area (Å²) in [7, 11) is 0. The minimum atomic E-state index is -0.457. The van der Waals surface area contributed by atoms with Gasteiger partial charge < -0.3 is 15.4 Å². The highest BCUT2D eigenvalue weighted by molar-refractivity contribution is 6.30. The van der Waals surface area contributed by atoms with Crippen LogP contribution in [0.25, 0.3) is 0 Å². The third-order valence-electron chi connectivity index (χ3n) is 3.55. The van der Waals surface area contributed by atoms with E-state index >= 15 is 0 Å².